The molecule has 0 amide bonds. The van der Waals surface area contributed by atoms with Crippen molar-refractivity contribution in [2.24, 2.45) is 5.92 Å². The van der Waals surface area contributed by atoms with E-state index in [0.717, 1.165) is 5.39 Å². The van der Waals surface area contributed by atoms with E-state index < -0.39 is 5.60 Å². The van der Waals surface area contributed by atoms with Gasteiger partial charge in [-0.25, -0.2) is 19.9 Å². The third-order valence-electron chi connectivity index (χ3n) is 3.96. The second-order valence-corrected chi connectivity index (χ2v) is 5.93. The second kappa shape index (κ2) is 5.88. The van der Waals surface area contributed by atoms with Crippen molar-refractivity contribution in [2.75, 3.05) is 11.9 Å². The Morgan fingerprint density at radius 1 is 1.22 bits per heavy atom. The number of aliphatic hydroxyl groups is 1. The Morgan fingerprint density at radius 3 is 2.65 bits per heavy atom. The van der Waals surface area contributed by atoms with Crippen LogP contribution in [0.2, 0.25) is 0 Å². The largest absolute Gasteiger partial charge is 0.388 e. The molecular weight excluding hydrogens is 294 g/mol. The molecule has 0 aliphatic heterocycles. The lowest BCUT2D eigenvalue weighted by Crippen LogP contribution is -2.38. The molecule has 3 aromatic heterocycles. The van der Waals surface area contributed by atoms with E-state index in [9.17, 15) is 5.11 Å². The number of hydrogen-bond donors (Lipinski definition) is 2. The van der Waals surface area contributed by atoms with E-state index in [4.69, 9.17) is 0 Å². The number of hydrogen-bond acceptors (Lipinski definition) is 7. The molecule has 1 atom stereocenters. The van der Waals surface area contributed by atoms with Gasteiger partial charge in [0.25, 0.3) is 5.95 Å². The number of rotatable bonds is 5. The molecule has 3 heterocycles. The number of fused-ring (bicyclic) bond motifs is 1. The van der Waals surface area contributed by atoms with Gasteiger partial charge >= 0.3 is 0 Å². The van der Waals surface area contributed by atoms with Crippen LogP contribution >= 0.6 is 0 Å². The zero-order chi connectivity index (χ0) is 16.4. The van der Waals surface area contributed by atoms with Gasteiger partial charge in [0, 0.05) is 18.9 Å². The summed E-state index contributed by atoms with van der Waals surface area (Å²) in [4.78, 5) is 16.9. The Kier molecular flexibility index (Phi) is 3.91. The molecule has 8 nitrogen and oxygen atoms in total. The zero-order valence-electron chi connectivity index (χ0n) is 13.3. The summed E-state index contributed by atoms with van der Waals surface area (Å²) < 4.78 is 1.56. The maximum Gasteiger partial charge on any atom is 0.252 e. The topological polar surface area (TPSA) is 102 Å². The summed E-state index contributed by atoms with van der Waals surface area (Å²) in [6.07, 6.45) is 6.42. The fourth-order valence-electron chi connectivity index (χ4n) is 2.00. The number of nitrogens with one attached hydrogen (secondary N) is 1. The molecule has 0 radical (unpaired) electrons. The van der Waals surface area contributed by atoms with E-state index in [1.54, 1.807) is 36.3 Å². The highest BCUT2D eigenvalue weighted by molar-refractivity contribution is 5.86. The molecule has 120 valence electrons. The van der Waals surface area contributed by atoms with Gasteiger partial charge in [-0.3, -0.25) is 0 Å². The van der Waals surface area contributed by atoms with E-state index in [-0.39, 0.29) is 5.92 Å². The fraction of sp³-hybridized carbons (Fsp3) is 0.400. The van der Waals surface area contributed by atoms with Crippen LogP contribution < -0.4 is 5.32 Å². The van der Waals surface area contributed by atoms with Crippen LogP contribution in [0, 0.1) is 5.92 Å². The average molecular weight is 313 g/mol. The lowest BCUT2D eigenvalue weighted by Gasteiger charge is -2.28. The van der Waals surface area contributed by atoms with Crippen LogP contribution in [-0.4, -0.2) is 47.0 Å². The molecule has 0 fully saturated rings. The van der Waals surface area contributed by atoms with Crippen LogP contribution in [0.25, 0.3) is 17.0 Å². The molecule has 2 N–H and O–H groups in total. The molecule has 0 aromatic carbocycles. The highest BCUT2D eigenvalue weighted by atomic mass is 16.3. The summed E-state index contributed by atoms with van der Waals surface area (Å²) in [7, 11) is 0. The molecule has 8 heteroatoms. The number of nitrogens with zero attached hydrogens (tertiary/aromatic N) is 6. The first kappa shape index (κ1) is 15.3. The molecule has 0 aliphatic rings. The first-order valence-electron chi connectivity index (χ1n) is 7.41. The van der Waals surface area contributed by atoms with Crippen LogP contribution in [-0.2, 0) is 0 Å². The first-order chi connectivity index (χ1) is 11.0. The molecule has 0 saturated carbocycles. The molecule has 3 aromatic rings. The molecule has 3 rings (SSSR count). The third-order valence-corrected chi connectivity index (χ3v) is 3.96. The summed E-state index contributed by atoms with van der Waals surface area (Å²) in [5.74, 6) is 1.19. The van der Waals surface area contributed by atoms with Crippen LogP contribution in [0.3, 0.4) is 0 Å². The second-order valence-electron chi connectivity index (χ2n) is 5.93. The maximum absolute atomic E-state index is 10.4. The lowest BCUT2D eigenvalue weighted by molar-refractivity contribution is 0.0266. The van der Waals surface area contributed by atoms with Crippen molar-refractivity contribution in [3.05, 3.63) is 31.0 Å². The predicted molar refractivity (Wildman–Crippen MR) is 86.2 cm³/mol. The third kappa shape index (κ3) is 2.98. The zero-order valence-corrected chi connectivity index (χ0v) is 13.3. The smallest absolute Gasteiger partial charge is 0.252 e. The van der Waals surface area contributed by atoms with Gasteiger partial charge in [0.1, 0.15) is 12.1 Å². The Labute approximate surface area is 133 Å². The van der Waals surface area contributed by atoms with Gasteiger partial charge in [-0.1, -0.05) is 13.8 Å². The van der Waals surface area contributed by atoms with Gasteiger partial charge in [0.15, 0.2) is 5.65 Å². The normalized spacial score (nSPS) is 14.1. The Hall–Kier alpha value is -2.61. The monoisotopic (exact) mass is 313 g/mol. The van der Waals surface area contributed by atoms with Crippen LogP contribution in [0.4, 0.5) is 5.82 Å². The fourth-order valence-corrected chi connectivity index (χ4v) is 2.00. The highest BCUT2D eigenvalue weighted by Gasteiger charge is 2.25. The van der Waals surface area contributed by atoms with Gasteiger partial charge in [0.2, 0.25) is 0 Å². The summed E-state index contributed by atoms with van der Waals surface area (Å²) in [6, 6.07) is 1.74. The molecule has 0 spiro atoms. The van der Waals surface area contributed by atoms with Crippen molar-refractivity contribution >= 4 is 16.9 Å². The first-order valence-corrected chi connectivity index (χ1v) is 7.41. The molecule has 0 aliphatic carbocycles. The minimum atomic E-state index is -0.837. The quantitative estimate of drug-likeness (QED) is 0.734. The lowest BCUT2D eigenvalue weighted by atomic mass is 9.92. The van der Waals surface area contributed by atoms with Crippen molar-refractivity contribution in [3.63, 3.8) is 0 Å². The SMILES string of the molecule is CC(C)C(C)(O)CNc1ncnc2c1cnn2-c1ncccn1. The van der Waals surface area contributed by atoms with Crippen LogP contribution in [0.15, 0.2) is 31.0 Å². The Bertz CT molecular complexity index is 798. The molecule has 0 saturated heterocycles. The average Bonchev–Trinajstić information content (AvgIpc) is 2.98. The summed E-state index contributed by atoms with van der Waals surface area (Å²) in [5.41, 5.74) is -0.228. The standard InChI is InChI=1S/C15H19N7O/c1-10(2)15(3,23)8-18-12-11-7-21-22(13(11)20-9-19-12)14-16-5-4-6-17-14/h4-7,9-10,23H,8H2,1-3H3,(H,18,19,20). The van der Waals surface area contributed by atoms with Crippen molar-refractivity contribution in [3.8, 4) is 5.95 Å². The summed E-state index contributed by atoms with van der Waals surface area (Å²) in [6.45, 7) is 6.12. The molecule has 1 unspecified atom stereocenters. The predicted octanol–water partition coefficient (Wildman–Crippen LogP) is 1.42. The number of anilines is 1. The van der Waals surface area contributed by atoms with Crippen molar-refractivity contribution in [1.82, 2.24) is 29.7 Å². The van der Waals surface area contributed by atoms with Gasteiger partial charge in [-0.05, 0) is 18.9 Å². The minimum absolute atomic E-state index is 0.118. The van der Waals surface area contributed by atoms with Gasteiger partial charge in [0.05, 0.1) is 17.2 Å². The van der Waals surface area contributed by atoms with E-state index in [1.807, 2.05) is 13.8 Å². The van der Waals surface area contributed by atoms with Crippen LogP contribution in [0.1, 0.15) is 20.8 Å². The Morgan fingerprint density at radius 2 is 1.96 bits per heavy atom. The summed E-state index contributed by atoms with van der Waals surface area (Å²) in [5, 5.41) is 18.6. The maximum atomic E-state index is 10.4. The van der Waals surface area contributed by atoms with E-state index in [1.165, 1.54) is 6.33 Å². The van der Waals surface area contributed by atoms with Crippen molar-refractivity contribution in [2.45, 2.75) is 26.4 Å². The molecule has 0 bridgehead atoms. The minimum Gasteiger partial charge on any atom is -0.388 e. The number of aromatic nitrogens is 6. The van der Waals surface area contributed by atoms with Gasteiger partial charge in [-0.2, -0.15) is 9.78 Å². The van der Waals surface area contributed by atoms with E-state index in [2.05, 4.69) is 30.4 Å². The molecule has 23 heavy (non-hydrogen) atoms. The van der Waals surface area contributed by atoms with E-state index in [0.29, 0.717) is 24.0 Å². The Balaban J connectivity index is 1.93. The van der Waals surface area contributed by atoms with E-state index >= 15 is 0 Å². The van der Waals surface area contributed by atoms with Gasteiger partial charge < -0.3 is 10.4 Å². The van der Waals surface area contributed by atoms with Gasteiger partial charge in [-0.15, -0.1) is 0 Å². The van der Waals surface area contributed by atoms with Crippen LogP contribution in [0.5, 0.6) is 0 Å². The highest BCUT2D eigenvalue weighted by Crippen LogP contribution is 2.22. The van der Waals surface area contributed by atoms with Crippen molar-refractivity contribution < 1.29 is 5.11 Å². The molecular formula is C15H19N7O. The van der Waals surface area contributed by atoms with Crippen molar-refractivity contribution in [1.29, 1.82) is 0 Å². The summed E-state index contributed by atoms with van der Waals surface area (Å²) >= 11 is 0.